The first-order valence-electron chi connectivity index (χ1n) is 8.00. The van der Waals surface area contributed by atoms with E-state index in [9.17, 15) is 26.7 Å². The number of benzene rings is 1. The number of hydrogen-bond donors (Lipinski definition) is 0. The third-order valence-corrected chi connectivity index (χ3v) is 3.37. The third kappa shape index (κ3) is 5.14. The van der Waals surface area contributed by atoms with Gasteiger partial charge in [-0.05, 0) is 32.9 Å². The molecule has 0 saturated carbocycles. The lowest BCUT2D eigenvalue weighted by molar-refractivity contribution is -0.150. The van der Waals surface area contributed by atoms with E-state index in [1.807, 2.05) is 0 Å². The van der Waals surface area contributed by atoms with Gasteiger partial charge in [0.1, 0.15) is 5.60 Å². The predicted molar refractivity (Wildman–Crippen MR) is 87.4 cm³/mol. The molecule has 152 valence electrons. The summed E-state index contributed by atoms with van der Waals surface area (Å²) in [5.41, 5.74) is -2.65. The van der Waals surface area contributed by atoms with E-state index < -0.39 is 40.7 Å². The summed E-state index contributed by atoms with van der Waals surface area (Å²) < 4.78 is 76.2. The van der Waals surface area contributed by atoms with Gasteiger partial charge in [0.05, 0.1) is 5.56 Å². The second kappa shape index (κ2) is 7.33. The van der Waals surface area contributed by atoms with E-state index in [0.717, 1.165) is 0 Å². The molecule has 0 atom stereocenters. The topological polar surface area (TPSA) is 65.2 Å². The predicted octanol–water partition coefficient (Wildman–Crippen LogP) is 4.67. The molecule has 10 heteroatoms. The van der Waals surface area contributed by atoms with Gasteiger partial charge >= 0.3 is 24.0 Å². The largest absolute Gasteiger partial charge is 0.457 e. The Hall–Kier alpha value is -2.78. The average molecular weight is 404 g/mol. The number of aromatic nitrogens is 2. The molecule has 2 aromatic rings. The SMILES string of the molecule is C=C(Cc1noc(C(F)(F)c2ccc(C(F)(F)F)cc2)n1)C(=O)OC(C)(C)C. The van der Waals surface area contributed by atoms with Crippen molar-refractivity contribution in [3.8, 4) is 0 Å². The van der Waals surface area contributed by atoms with Gasteiger partial charge in [-0.25, -0.2) is 4.79 Å². The van der Waals surface area contributed by atoms with Crippen LogP contribution in [0.1, 0.15) is 43.6 Å². The van der Waals surface area contributed by atoms with E-state index in [-0.39, 0.29) is 17.8 Å². The fourth-order valence-electron chi connectivity index (χ4n) is 2.06. The van der Waals surface area contributed by atoms with Gasteiger partial charge < -0.3 is 9.26 Å². The molecule has 0 fully saturated rings. The number of carbonyl (C=O) groups is 1. The van der Waals surface area contributed by atoms with E-state index in [0.29, 0.717) is 24.3 Å². The summed E-state index contributed by atoms with van der Waals surface area (Å²) in [6.07, 6.45) is -4.94. The number of esters is 1. The van der Waals surface area contributed by atoms with Crippen LogP contribution in [0.3, 0.4) is 0 Å². The maximum atomic E-state index is 14.5. The maximum absolute atomic E-state index is 14.5. The van der Waals surface area contributed by atoms with Crippen molar-refractivity contribution in [1.29, 1.82) is 0 Å². The molecule has 0 aliphatic rings. The van der Waals surface area contributed by atoms with Crippen molar-refractivity contribution in [1.82, 2.24) is 10.1 Å². The number of nitrogens with zero attached hydrogens (tertiary/aromatic N) is 2. The molecule has 1 aromatic heterocycles. The Balaban J connectivity index is 2.15. The first-order chi connectivity index (χ1) is 12.7. The summed E-state index contributed by atoms with van der Waals surface area (Å²) in [6, 6.07) is 2.33. The van der Waals surface area contributed by atoms with Crippen molar-refractivity contribution < 1.29 is 36.0 Å². The molecular formula is C18H17F5N2O3. The quantitative estimate of drug-likeness (QED) is 0.412. The molecule has 1 heterocycles. The number of halogens is 5. The lowest BCUT2D eigenvalue weighted by atomic mass is 10.1. The van der Waals surface area contributed by atoms with Crippen molar-refractivity contribution in [3.05, 3.63) is 59.3 Å². The number of rotatable bonds is 5. The fraction of sp³-hybridized carbons (Fsp3) is 0.389. The van der Waals surface area contributed by atoms with Gasteiger partial charge in [-0.15, -0.1) is 0 Å². The van der Waals surface area contributed by atoms with Crippen LogP contribution in [0.25, 0.3) is 0 Å². The minimum atomic E-state index is -4.65. The smallest absolute Gasteiger partial charge is 0.416 e. The molecule has 0 radical (unpaired) electrons. The molecular weight excluding hydrogens is 387 g/mol. The minimum absolute atomic E-state index is 0.0693. The van der Waals surface area contributed by atoms with Crippen LogP contribution < -0.4 is 0 Å². The van der Waals surface area contributed by atoms with E-state index in [4.69, 9.17) is 4.74 Å². The van der Waals surface area contributed by atoms with Gasteiger partial charge in [0, 0.05) is 17.6 Å². The zero-order valence-corrected chi connectivity index (χ0v) is 15.2. The highest BCUT2D eigenvalue weighted by atomic mass is 19.4. The Morgan fingerprint density at radius 2 is 1.61 bits per heavy atom. The van der Waals surface area contributed by atoms with Crippen LogP contribution >= 0.6 is 0 Å². The summed E-state index contributed by atoms with van der Waals surface area (Å²) in [5.74, 6) is -5.91. The highest BCUT2D eigenvalue weighted by Gasteiger charge is 2.41. The van der Waals surface area contributed by atoms with E-state index in [2.05, 4.69) is 21.2 Å². The number of ether oxygens (including phenoxy) is 1. The number of carbonyl (C=O) groups excluding carboxylic acids is 1. The van der Waals surface area contributed by atoms with Crippen molar-refractivity contribution in [2.45, 2.75) is 44.9 Å². The molecule has 1 aromatic carbocycles. The molecule has 0 unspecified atom stereocenters. The lowest BCUT2D eigenvalue weighted by Gasteiger charge is -2.19. The highest BCUT2D eigenvalue weighted by molar-refractivity contribution is 5.88. The molecule has 28 heavy (non-hydrogen) atoms. The van der Waals surface area contributed by atoms with E-state index >= 15 is 0 Å². The fourth-order valence-corrected chi connectivity index (χ4v) is 2.06. The second-order valence-corrected chi connectivity index (χ2v) is 6.95. The van der Waals surface area contributed by atoms with Crippen LogP contribution in [0.2, 0.25) is 0 Å². The lowest BCUT2D eigenvalue weighted by Crippen LogP contribution is -2.25. The van der Waals surface area contributed by atoms with Crippen LogP contribution in [0.15, 0.2) is 40.9 Å². The van der Waals surface area contributed by atoms with Crippen molar-refractivity contribution in [2.24, 2.45) is 0 Å². The molecule has 0 bridgehead atoms. The van der Waals surface area contributed by atoms with Gasteiger partial charge in [-0.1, -0.05) is 23.9 Å². The Labute approximate surface area is 157 Å². The van der Waals surface area contributed by atoms with Crippen molar-refractivity contribution in [2.75, 3.05) is 0 Å². The van der Waals surface area contributed by atoms with Crippen LogP contribution in [-0.4, -0.2) is 21.7 Å². The molecule has 0 amide bonds. The van der Waals surface area contributed by atoms with Gasteiger partial charge in [0.15, 0.2) is 5.82 Å². The monoisotopic (exact) mass is 404 g/mol. The second-order valence-electron chi connectivity index (χ2n) is 6.95. The van der Waals surface area contributed by atoms with Crippen LogP contribution in [-0.2, 0) is 28.1 Å². The molecule has 5 nitrogen and oxygen atoms in total. The number of hydrogen-bond acceptors (Lipinski definition) is 5. The zero-order valence-electron chi connectivity index (χ0n) is 15.2. The molecule has 2 rings (SSSR count). The van der Waals surface area contributed by atoms with Gasteiger partial charge in [0.2, 0.25) is 0 Å². The molecule has 0 aliphatic heterocycles. The average Bonchev–Trinajstić information content (AvgIpc) is 3.02. The van der Waals surface area contributed by atoms with Gasteiger partial charge in [0.25, 0.3) is 0 Å². The van der Waals surface area contributed by atoms with Crippen molar-refractivity contribution >= 4 is 5.97 Å². The van der Waals surface area contributed by atoms with Crippen LogP contribution in [0.4, 0.5) is 22.0 Å². The normalized spacial score (nSPS) is 12.7. The summed E-state index contributed by atoms with van der Waals surface area (Å²) in [5, 5.41) is 3.37. The standard InChI is InChI=1S/C18H17F5N2O3/c1-10(14(26)27-16(2,3)4)9-13-24-15(28-25-13)17(19,20)11-5-7-12(8-6-11)18(21,22)23/h5-8H,1,9H2,2-4H3. The van der Waals surface area contributed by atoms with E-state index in [1.54, 1.807) is 20.8 Å². The van der Waals surface area contributed by atoms with Crippen molar-refractivity contribution in [3.63, 3.8) is 0 Å². The molecule has 0 saturated heterocycles. The Morgan fingerprint density at radius 1 is 1.07 bits per heavy atom. The highest BCUT2D eigenvalue weighted by Crippen LogP contribution is 2.36. The molecule has 0 spiro atoms. The van der Waals surface area contributed by atoms with Crippen LogP contribution in [0.5, 0.6) is 0 Å². The summed E-state index contributed by atoms with van der Waals surface area (Å²) >= 11 is 0. The number of alkyl halides is 5. The van der Waals surface area contributed by atoms with Gasteiger partial charge in [-0.2, -0.15) is 26.9 Å². The summed E-state index contributed by atoms with van der Waals surface area (Å²) in [6.45, 7) is 8.45. The first-order valence-corrected chi connectivity index (χ1v) is 8.00. The summed E-state index contributed by atoms with van der Waals surface area (Å²) in [4.78, 5) is 15.4. The third-order valence-electron chi connectivity index (χ3n) is 3.37. The maximum Gasteiger partial charge on any atom is 0.416 e. The minimum Gasteiger partial charge on any atom is -0.457 e. The Morgan fingerprint density at radius 3 is 2.11 bits per heavy atom. The molecule has 0 N–H and O–H groups in total. The Kier molecular flexibility index (Phi) is 5.63. The van der Waals surface area contributed by atoms with Gasteiger partial charge in [-0.3, -0.25) is 0 Å². The molecule has 0 aliphatic carbocycles. The zero-order chi connectivity index (χ0) is 21.3. The summed E-state index contributed by atoms with van der Waals surface area (Å²) in [7, 11) is 0. The Bertz CT molecular complexity index is 865. The van der Waals surface area contributed by atoms with E-state index in [1.165, 1.54) is 0 Å². The van der Waals surface area contributed by atoms with Crippen LogP contribution in [0, 0.1) is 0 Å². The first kappa shape index (κ1) is 21.5.